The quantitative estimate of drug-likeness (QED) is 0.806. The van der Waals surface area contributed by atoms with Crippen molar-refractivity contribution in [1.29, 1.82) is 0 Å². The minimum absolute atomic E-state index is 0.0567. The maximum Gasteiger partial charge on any atom is 0.233 e. The lowest BCUT2D eigenvalue weighted by Gasteiger charge is -2.35. The Morgan fingerprint density at radius 3 is 2.77 bits per heavy atom. The van der Waals surface area contributed by atoms with Crippen LogP contribution in [0.2, 0.25) is 0 Å². The molecule has 2 rings (SSSR count). The van der Waals surface area contributed by atoms with Gasteiger partial charge in [-0.2, -0.15) is 0 Å². The van der Waals surface area contributed by atoms with Crippen LogP contribution in [0.4, 0.5) is 0 Å². The van der Waals surface area contributed by atoms with Crippen molar-refractivity contribution in [2.75, 3.05) is 40.0 Å². The Morgan fingerprint density at radius 2 is 2.14 bits per heavy atom. The molecule has 1 fully saturated rings. The van der Waals surface area contributed by atoms with Gasteiger partial charge < -0.3 is 14.5 Å². The van der Waals surface area contributed by atoms with Gasteiger partial charge in [0.2, 0.25) is 5.91 Å². The first-order valence-electron chi connectivity index (χ1n) is 7.52. The van der Waals surface area contributed by atoms with E-state index >= 15 is 0 Å². The highest BCUT2D eigenvalue weighted by molar-refractivity contribution is 8.00. The molecule has 22 heavy (non-hydrogen) atoms. The molecule has 5 heteroatoms. The van der Waals surface area contributed by atoms with E-state index in [9.17, 15) is 4.79 Å². The van der Waals surface area contributed by atoms with E-state index in [-0.39, 0.29) is 16.7 Å². The summed E-state index contributed by atoms with van der Waals surface area (Å²) in [5.74, 6) is 1.62. The molecular formula is C17H26N2O2S. The van der Waals surface area contributed by atoms with Crippen LogP contribution < -0.4 is 4.74 Å². The summed E-state index contributed by atoms with van der Waals surface area (Å²) >= 11 is 1.70. The van der Waals surface area contributed by atoms with E-state index in [2.05, 4.69) is 38.9 Å². The van der Waals surface area contributed by atoms with Crippen LogP contribution in [0.5, 0.6) is 5.75 Å². The number of hydrogen-bond acceptors (Lipinski definition) is 4. The van der Waals surface area contributed by atoms with E-state index in [1.807, 2.05) is 23.1 Å². The molecule has 1 heterocycles. The Hall–Kier alpha value is -1.20. The van der Waals surface area contributed by atoms with Crippen LogP contribution in [0, 0.1) is 5.41 Å². The van der Waals surface area contributed by atoms with Crippen LogP contribution in [0.15, 0.2) is 24.3 Å². The van der Waals surface area contributed by atoms with Gasteiger partial charge in [-0.15, -0.1) is 11.8 Å². The highest BCUT2D eigenvalue weighted by Gasteiger charge is 2.36. The molecule has 1 unspecified atom stereocenters. The molecule has 1 amide bonds. The predicted octanol–water partition coefficient (Wildman–Crippen LogP) is 2.86. The molecule has 1 saturated heterocycles. The first kappa shape index (κ1) is 17.2. The summed E-state index contributed by atoms with van der Waals surface area (Å²) in [5.41, 5.74) is 1.19. The van der Waals surface area contributed by atoms with E-state index in [0.29, 0.717) is 5.75 Å². The van der Waals surface area contributed by atoms with Crippen molar-refractivity contribution in [2.24, 2.45) is 5.41 Å². The minimum Gasteiger partial charge on any atom is -0.497 e. The second-order valence-corrected chi connectivity index (χ2v) is 7.93. The average molecular weight is 322 g/mol. The van der Waals surface area contributed by atoms with Crippen LogP contribution >= 0.6 is 11.8 Å². The maximum atomic E-state index is 12.3. The first-order chi connectivity index (χ1) is 10.3. The molecule has 0 radical (unpaired) electrons. The molecule has 1 aromatic carbocycles. The molecular weight excluding hydrogens is 296 g/mol. The molecule has 0 spiro atoms. The van der Waals surface area contributed by atoms with E-state index in [1.54, 1.807) is 18.9 Å². The lowest BCUT2D eigenvalue weighted by Crippen LogP contribution is -2.41. The van der Waals surface area contributed by atoms with Crippen molar-refractivity contribution < 1.29 is 9.53 Å². The van der Waals surface area contributed by atoms with E-state index in [0.717, 1.165) is 24.4 Å². The van der Waals surface area contributed by atoms with Crippen LogP contribution in [-0.4, -0.2) is 55.8 Å². The van der Waals surface area contributed by atoms with Gasteiger partial charge in [-0.05, 0) is 37.2 Å². The van der Waals surface area contributed by atoms with E-state index < -0.39 is 0 Å². The van der Waals surface area contributed by atoms with Gasteiger partial charge in [-0.25, -0.2) is 0 Å². The first-order valence-corrected chi connectivity index (χ1v) is 8.57. The van der Waals surface area contributed by atoms with Crippen molar-refractivity contribution in [3.8, 4) is 5.75 Å². The molecule has 0 N–H and O–H groups in total. The Morgan fingerprint density at radius 1 is 1.41 bits per heavy atom. The SMILES string of the molecule is COc1cccc(C2SCC(=O)N2CC(C)(C)CN(C)C)c1. The number of thioether (sulfide) groups is 1. The van der Waals surface area contributed by atoms with Crippen LogP contribution in [0.3, 0.4) is 0 Å². The van der Waals surface area contributed by atoms with Crippen molar-refractivity contribution in [1.82, 2.24) is 9.80 Å². The molecule has 1 atom stereocenters. The molecule has 4 nitrogen and oxygen atoms in total. The Kier molecular flexibility index (Phi) is 5.40. The lowest BCUT2D eigenvalue weighted by molar-refractivity contribution is -0.129. The normalized spacial score (nSPS) is 19.1. The summed E-state index contributed by atoms with van der Waals surface area (Å²) in [5, 5.41) is 0.0871. The van der Waals surface area contributed by atoms with Gasteiger partial charge in [0.1, 0.15) is 11.1 Å². The molecule has 0 aromatic heterocycles. The van der Waals surface area contributed by atoms with Crippen molar-refractivity contribution >= 4 is 17.7 Å². The number of carbonyl (C=O) groups is 1. The molecule has 1 aliphatic heterocycles. The molecule has 0 bridgehead atoms. The highest BCUT2D eigenvalue weighted by atomic mass is 32.2. The zero-order chi connectivity index (χ0) is 16.3. The second kappa shape index (κ2) is 6.92. The third-order valence-electron chi connectivity index (χ3n) is 3.69. The summed E-state index contributed by atoms with van der Waals surface area (Å²) in [7, 11) is 5.81. The Labute approximate surface area is 137 Å². The van der Waals surface area contributed by atoms with Crippen LogP contribution in [0.1, 0.15) is 24.8 Å². The van der Waals surface area contributed by atoms with Gasteiger partial charge in [-0.3, -0.25) is 4.79 Å². The average Bonchev–Trinajstić information content (AvgIpc) is 2.78. The van der Waals surface area contributed by atoms with Crippen molar-refractivity contribution in [3.05, 3.63) is 29.8 Å². The van der Waals surface area contributed by atoms with Gasteiger partial charge in [0, 0.05) is 13.1 Å². The van der Waals surface area contributed by atoms with Crippen LogP contribution in [0.25, 0.3) is 0 Å². The zero-order valence-electron chi connectivity index (χ0n) is 14.1. The van der Waals surface area contributed by atoms with Gasteiger partial charge in [-0.1, -0.05) is 26.0 Å². The zero-order valence-corrected chi connectivity index (χ0v) is 14.9. The monoisotopic (exact) mass is 322 g/mol. The Balaban J connectivity index is 2.18. The Bertz CT molecular complexity index is 531. The molecule has 122 valence electrons. The molecule has 0 aliphatic carbocycles. The fourth-order valence-corrected chi connectivity index (χ4v) is 4.24. The summed E-state index contributed by atoms with van der Waals surface area (Å²) in [6.45, 7) is 6.14. The van der Waals surface area contributed by atoms with Crippen molar-refractivity contribution in [3.63, 3.8) is 0 Å². The van der Waals surface area contributed by atoms with E-state index in [1.165, 1.54) is 0 Å². The number of methoxy groups -OCH3 is 1. The summed E-state index contributed by atoms with van der Waals surface area (Å²) in [4.78, 5) is 16.5. The molecule has 1 aromatic rings. The predicted molar refractivity (Wildman–Crippen MR) is 92.2 cm³/mol. The molecule has 1 aliphatic rings. The van der Waals surface area contributed by atoms with Crippen molar-refractivity contribution in [2.45, 2.75) is 19.2 Å². The summed E-state index contributed by atoms with van der Waals surface area (Å²) in [6.07, 6.45) is 0. The smallest absolute Gasteiger partial charge is 0.233 e. The fourth-order valence-electron chi connectivity index (χ4n) is 3.06. The summed E-state index contributed by atoms with van der Waals surface area (Å²) in [6, 6.07) is 8.03. The number of ether oxygens (including phenoxy) is 1. The van der Waals surface area contributed by atoms with Crippen LogP contribution in [-0.2, 0) is 4.79 Å². The number of amides is 1. The van der Waals surface area contributed by atoms with Gasteiger partial charge in [0.05, 0.1) is 12.9 Å². The molecule has 0 saturated carbocycles. The summed E-state index contributed by atoms with van der Waals surface area (Å²) < 4.78 is 5.31. The third kappa shape index (κ3) is 4.17. The number of carbonyl (C=O) groups excluding carboxylic acids is 1. The maximum absolute atomic E-state index is 12.3. The number of benzene rings is 1. The number of rotatable bonds is 6. The van der Waals surface area contributed by atoms with Gasteiger partial charge in [0.15, 0.2) is 0 Å². The van der Waals surface area contributed by atoms with E-state index in [4.69, 9.17) is 4.74 Å². The number of nitrogens with zero attached hydrogens (tertiary/aromatic N) is 2. The fraction of sp³-hybridized carbons (Fsp3) is 0.588. The highest BCUT2D eigenvalue weighted by Crippen LogP contribution is 2.41. The second-order valence-electron chi connectivity index (χ2n) is 6.86. The topological polar surface area (TPSA) is 32.8 Å². The largest absolute Gasteiger partial charge is 0.497 e. The van der Waals surface area contributed by atoms with Gasteiger partial charge in [0.25, 0.3) is 0 Å². The standard InChI is InChI=1S/C17H26N2O2S/c1-17(2,11-18(3)4)12-19-15(20)10-22-16(19)13-7-6-8-14(9-13)21-5/h6-9,16H,10-12H2,1-5H3. The number of hydrogen-bond donors (Lipinski definition) is 0. The minimum atomic E-state index is 0.0567. The third-order valence-corrected chi connectivity index (χ3v) is 4.95. The van der Waals surface area contributed by atoms with Gasteiger partial charge >= 0.3 is 0 Å². The lowest BCUT2D eigenvalue weighted by atomic mass is 9.92.